The molecular weight excluding hydrogens is 296 g/mol. The van der Waals surface area contributed by atoms with E-state index in [1.165, 1.54) is 0 Å². The van der Waals surface area contributed by atoms with Gasteiger partial charge in [-0.3, -0.25) is 0 Å². The summed E-state index contributed by atoms with van der Waals surface area (Å²) in [5.74, 6) is 1.59. The van der Waals surface area contributed by atoms with E-state index in [2.05, 4.69) is 20.9 Å². The Kier molecular flexibility index (Phi) is 3.91. The van der Waals surface area contributed by atoms with Crippen LogP contribution in [0.5, 0.6) is 11.5 Å². The van der Waals surface area contributed by atoms with Crippen LogP contribution in [0.2, 0.25) is 0 Å². The molecule has 1 heterocycles. The molecule has 2 aromatic rings. The Hall–Kier alpha value is -1.49. The Morgan fingerprint density at radius 1 is 1.17 bits per heavy atom. The lowest BCUT2D eigenvalue weighted by Gasteiger charge is -2.09. The number of aryl methyl sites for hydroxylation is 1. The van der Waals surface area contributed by atoms with E-state index in [1.807, 2.05) is 29.8 Å². The standard InChI is InChI=1S/C13H15BrN2O2/c1-16-8-15-13(14)12(16)6-9-4-10(17-2)7-11(5-9)18-3/h4-5,7-8H,6H2,1-3H3. The maximum absolute atomic E-state index is 5.26. The second kappa shape index (κ2) is 5.44. The predicted octanol–water partition coefficient (Wildman–Crippen LogP) is 2.79. The van der Waals surface area contributed by atoms with Crippen molar-refractivity contribution in [1.29, 1.82) is 0 Å². The highest BCUT2D eigenvalue weighted by atomic mass is 79.9. The SMILES string of the molecule is COc1cc(Cc2c(Br)ncn2C)cc(OC)c1. The van der Waals surface area contributed by atoms with Crippen LogP contribution < -0.4 is 9.47 Å². The van der Waals surface area contributed by atoms with E-state index in [1.54, 1.807) is 20.5 Å². The van der Waals surface area contributed by atoms with E-state index in [4.69, 9.17) is 9.47 Å². The van der Waals surface area contributed by atoms with Crippen LogP contribution in [0.15, 0.2) is 29.1 Å². The molecule has 0 radical (unpaired) electrons. The fraction of sp³-hybridized carbons (Fsp3) is 0.308. The van der Waals surface area contributed by atoms with Gasteiger partial charge in [-0.25, -0.2) is 4.98 Å². The van der Waals surface area contributed by atoms with Gasteiger partial charge in [-0.15, -0.1) is 0 Å². The van der Waals surface area contributed by atoms with E-state index >= 15 is 0 Å². The van der Waals surface area contributed by atoms with E-state index in [0.717, 1.165) is 33.8 Å². The van der Waals surface area contributed by atoms with E-state index in [0.29, 0.717) is 0 Å². The minimum Gasteiger partial charge on any atom is -0.497 e. The summed E-state index contributed by atoms with van der Waals surface area (Å²) in [6.07, 6.45) is 2.56. The third-order valence-corrected chi connectivity index (χ3v) is 3.45. The van der Waals surface area contributed by atoms with Crippen LogP contribution in [-0.4, -0.2) is 23.8 Å². The first kappa shape index (κ1) is 13.0. The third-order valence-electron chi connectivity index (χ3n) is 2.79. The first-order valence-corrected chi connectivity index (χ1v) is 6.31. The first-order chi connectivity index (χ1) is 8.63. The molecule has 0 amide bonds. The second-order valence-electron chi connectivity index (χ2n) is 3.99. The molecule has 0 saturated carbocycles. The minimum absolute atomic E-state index is 0.768. The van der Waals surface area contributed by atoms with Crippen molar-refractivity contribution in [3.63, 3.8) is 0 Å². The van der Waals surface area contributed by atoms with Gasteiger partial charge < -0.3 is 14.0 Å². The van der Waals surface area contributed by atoms with Gasteiger partial charge in [-0.2, -0.15) is 0 Å². The molecule has 0 N–H and O–H groups in total. The number of rotatable bonds is 4. The van der Waals surface area contributed by atoms with Crippen molar-refractivity contribution in [3.8, 4) is 11.5 Å². The fourth-order valence-corrected chi connectivity index (χ4v) is 2.30. The summed E-state index contributed by atoms with van der Waals surface area (Å²) >= 11 is 3.45. The topological polar surface area (TPSA) is 36.3 Å². The van der Waals surface area contributed by atoms with Crippen LogP contribution in [0.25, 0.3) is 0 Å². The minimum atomic E-state index is 0.768. The van der Waals surface area contributed by atoms with Crippen molar-refractivity contribution in [2.24, 2.45) is 7.05 Å². The van der Waals surface area contributed by atoms with Gasteiger partial charge in [0.15, 0.2) is 0 Å². The maximum atomic E-state index is 5.26. The zero-order valence-electron chi connectivity index (χ0n) is 10.6. The summed E-state index contributed by atoms with van der Waals surface area (Å²) in [5, 5.41) is 0. The fourth-order valence-electron chi connectivity index (χ4n) is 1.79. The molecule has 1 aromatic heterocycles. The van der Waals surface area contributed by atoms with Gasteiger partial charge in [0.05, 0.1) is 26.2 Å². The molecule has 18 heavy (non-hydrogen) atoms. The van der Waals surface area contributed by atoms with Crippen LogP contribution >= 0.6 is 15.9 Å². The van der Waals surface area contributed by atoms with Gasteiger partial charge >= 0.3 is 0 Å². The molecule has 0 atom stereocenters. The number of ether oxygens (including phenoxy) is 2. The highest BCUT2D eigenvalue weighted by molar-refractivity contribution is 9.10. The van der Waals surface area contributed by atoms with Crippen LogP contribution in [0.4, 0.5) is 0 Å². The van der Waals surface area contributed by atoms with Crippen molar-refractivity contribution >= 4 is 15.9 Å². The summed E-state index contributed by atoms with van der Waals surface area (Å²) in [5.41, 5.74) is 2.24. The average Bonchev–Trinajstić information content (AvgIpc) is 2.70. The zero-order valence-corrected chi connectivity index (χ0v) is 12.2. The molecule has 0 aliphatic heterocycles. The molecule has 0 aliphatic rings. The molecule has 96 valence electrons. The van der Waals surface area contributed by atoms with Crippen LogP contribution in [0.1, 0.15) is 11.3 Å². The number of hydrogen-bond donors (Lipinski definition) is 0. The lowest BCUT2D eigenvalue weighted by Crippen LogP contribution is -1.98. The van der Waals surface area contributed by atoms with Crippen molar-refractivity contribution < 1.29 is 9.47 Å². The Balaban J connectivity index is 2.34. The number of methoxy groups -OCH3 is 2. The smallest absolute Gasteiger partial charge is 0.127 e. The van der Waals surface area contributed by atoms with Gasteiger partial charge in [0.25, 0.3) is 0 Å². The number of imidazole rings is 1. The van der Waals surface area contributed by atoms with Gasteiger partial charge in [0.2, 0.25) is 0 Å². The predicted molar refractivity (Wildman–Crippen MR) is 73.3 cm³/mol. The van der Waals surface area contributed by atoms with Crippen LogP contribution in [0, 0.1) is 0 Å². The molecule has 0 bridgehead atoms. The normalized spacial score (nSPS) is 10.4. The van der Waals surface area contributed by atoms with E-state index < -0.39 is 0 Å². The average molecular weight is 311 g/mol. The van der Waals surface area contributed by atoms with E-state index in [-0.39, 0.29) is 0 Å². The largest absolute Gasteiger partial charge is 0.497 e. The Morgan fingerprint density at radius 2 is 1.78 bits per heavy atom. The highest BCUT2D eigenvalue weighted by Gasteiger charge is 2.09. The summed E-state index contributed by atoms with van der Waals surface area (Å²) in [6, 6.07) is 5.87. The summed E-state index contributed by atoms with van der Waals surface area (Å²) in [6.45, 7) is 0. The summed E-state index contributed by atoms with van der Waals surface area (Å²) in [4.78, 5) is 4.21. The van der Waals surface area contributed by atoms with E-state index in [9.17, 15) is 0 Å². The van der Waals surface area contributed by atoms with Gasteiger partial charge in [0.1, 0.15) is 16.1 Å². The van der Waals surface area contributed by atoms with Crippen LogP contribution in [0.3, 0.4) is 0 Å². The number of nitrogens with zero attached hydrogens (tertiary/aromatic N) is 2. The maximum Gasteiger partial charge on any atom is 0.127 e. The molecule has 4 nitrogen and oxygen atoms in total. The molecule has 0 saturated heterocycles. The first-order valence-electron chi connectivity index (χ1n) is 5.51. The quantitative estimate of drug-likeness (QED) is 0.871. The number of benzene rings is 1. The summed E-state index contributed by atoms with van der Waals surface area (Å²) < 4.78 is 13.4. The van der Waals surface area contributed by atoms with Gasteiger partial charge in [0, 0.05) is 19.5 Å². The second-order valence-corrected chi connectivity index (χ2v) is 4.74. The molecule has 0 spiro atoms. The van der Waals surface area contributed by atoms with Gasteiger partial charge in [-0.1, -0.05) is 0 Å². The molecule has 1 aromatic carbocycles. The van der Waals surface area contributed by atoms with Crippen molar-refractivity contribution in [3.05, 3.63) is 40.4 Å². The van der Waals surface area contributed by atoms with Crippen molar-refractivity contribution in [1.82, 2.24) is 9.55 Å². The van der Waals surface area contributed by atoms with Crippen LogP contribution in [-0.2, 0) is 13.5 Å². The molecule has 2 rings (SSSR count). The third kappa shape index (κ3) is 2.67. The lowest BCUT2D eigenvalue weighted by molar-refractivity contribution is 0.393. The number of aromatic nitrogens is 2. The molecule has 0 unspecified atom stereocenters. The molecule has 0 fully saturated rings. The zero-order chi connectivity index (χ0) is 13.1. The number of halogens is 1. The lowest BCUT2D eigenvalue weighted by atomic mass is 10.1. The Labute approximate surface area is 115 Å². The van der Waals surface area contributed by atoms with Gasteiger partial charge in [-0.05, 0) is 33.6 Å². The van der Waals surface area contributed by atoms with Crippen molar-refractivity contribution in [2.45, 2.75) is 6.42 Å². The van der Waals surface area contributed by atoms with Crippen molar-refractivity contribution in [2.75, 3.05) is 14.2 Å². The number of hydrogen-bond acceptors (Lipinski definition) is 3. The molecule has 0 aliphatic carbocycles. The molecule has 5 heteroatoms. The highest BCUT2D eigenvalue weighted by Crippen LogP contribution is 2.25. The Morgan fingerprint density at radius 3 is 2.22 bits per heavy atom. The Bertz CT molecular complexity index is 510. The molecular formula is C13H15BrN2O2. The summed E-state index contributed by atoms with van der Waals surface area (Å²) in [7, 11) is 5.28. The monoisotopic (exact) mass is 310 g/mol.